The molecule has 0 radical (unpaired) electrons. The molecule has 0 aliphatic carbocycles. The lowest BCUT2D eigenvalue weighted by Crippen LogP contribution is -2.46. The summed E-state index contributed by atoms with van der Waals surface area (Å²) in [6.07, 6.45) is 3.37. The lowest BCUT2D eigenvalue weighted by Gasteiger charge is -2.35. The van der Waals surface area contributed by atoms with E-state index in [0.717, 1.165) is 61.1 Å². The van der Waals surface area contributed by atoms with Crippen molar-refractivity contribution in [1.82, 2.24) is 19.9 Å². The number of rotatable bonds is 3. The van der Waals surface area contributed by atoms with Crippen molar-refractivity contribution in [2.75, 3.05) is 37.9 Å². The summed E-state index contributed by atoms with van der Waals surface area (Å²) in [5.41, 5.74) is 2.00. The molecule has 0 spiro atoms. The van der Waals surface area contributed by atoms with Gasteiger partial charge in [0.1, 0.15) is 12.1 Å². The Bertz CT molecular complexity index is 935. The van der Waals surface area contributed by atoms with Crippen LogP contribution in [-0.4, -0.2) is 52.8 Å². The van der Waals surface area contributed by atoms with Crippen molar-refractivity contribution < 1.29 is 9.47 Å². The van der Waals surface area contributed by atoms with Gasteiger partial charge in [-0.3, -0.25) is 4.90 Å². The van der Waals surface area contributed by atoms with Crippen molar-refractivity contribution in [3.8, 4) is 11.5 Å². The second-order valence-electron chi connectivity index (χ2n) is 6.52. The Labute approximate surface area is 151 Å². The second kappa shape index (κ2) is 6.42. The van der Waals surface area contributed by atoms with Crippen LogP contribution < -0.4 is 14.4 Å². The van der Waals surface area contributed by atoms with E-state index in [9.17, 15) is 0 Å². The molecule has 1 aromatic carbocycles. The number of fused-ring (bicyclic) bond motifs is 2. The molecule has 0 saturated carbocycles. The van der Waals surface area contributed by atoms with Crippen LogP contribution in [0, 0.1) is 0 Å². The van der Waals surface area contributed by atoms with E-state index in [2.05, 4.69) is 36.9 Å². The van der Waals surface area contributed by atoms with Crippen LogP contribution in [0.2, 0.25) is 0 Å². The Balaban J connectivity index is 1.27. The molecule has 5 rings (SSSR count). The molecule has 0 atom stereocenters. The van der Waals surface area contributed by atoms with Gasteiger partial charge in [-0.15, -0.1) is 0 Å². The number of anilines is 1. The summed E-state index contributed by atoms with van der Waals surface area (Å²) in [5.74, 6) is 2.66. The smallest absolute Gasteiger partial charge is 0.231 e. The molecule has 0 bridgehead atoms. The monoisotopic (exact) mass is 349 g/mol. The number of pyridine rings is 1. The Morgan fingerprint density at radius 3 is 2.73 bits per heavy atom. The molecule has 4 heterocycles. The summed E-state index contributed by atoms with van der Waals surface area (Å²) in [6.45, 7) is 5.08. The standard InChI is InChI=1S/C19H19N5O2/c1-2-15-18(20-5-1)21-12-22-19(15)24-8-6-23(7-9-24)11-14-3-4-16-17(10-14)26-13-25-16/h1-5,10,12H,6-9,11,13H2. The predicted octanol–water partition coefficient (Wildman–Crippen LogP) is 2.08. The Kier molecular flexibility index (Phi) is 3.79. The fraction of sp³-hybridized carbons (Fsp3) is 0.316. The van der Waals surface area contributed by atoms with Crippen LogP contribution in [0.5, 0.6) is 11.5 Å². The minimum Gasteiger partial charge on any atom is -0.454 e. The molecule has 132 valence electrons. The van der Waals surface area contributed by atoms with Crippen LogP contribution in [-0.2, 0) is 6.54 Å². The van der Waals surface area contributed by atoms with Crippen LogP contribution in [0.1, 0.15) is 5.56 Å². The Morgan fingerprint density at radius 2 is 1.81 bits per heavy atom. The van der Waals surface area contributed by atoms with Crippen molar-refractivity contribution in [2.45, 2.75) is 6.54 Å². The summed E-state index contributed by atoms with van der Waals surface area (Å²) < 4.78 is 10.9. The van der Waals surface area contributed by atoms with Crippen LogP contribution in [0.25, 0.3) is 11.0 Å². The molecule has 0 unspecified atom stereocenters. The molecule has 0 amide bonds. The molecule has 1 fully saturated rings. The first-order chi connectivity index (χ1) is 12.9. The molecule has 2 aliphatic rings. The zero-order valence-corrected chi connectivity index (χ0v) is 14.3. The maximum atomic E-state index is 5.47. The summed E-state index contributed by atoms with van der Waals surface area (Å²) in [5, 5.41) is 1.01. The molecule has 2 aliphatic heterocycles. The minimum atomic E-state index is 0.319. The normalized spacial score (nSPS) is 17.0. The molecular formula is C19H19N5O2. The largest absolute Gasteiger partial charge is 0.454 e. The number of hydrogen-bond donors (Lipinski definition) is 0. The number of aromatic nitrogens is 3. The molecule has 0 N–H and O–H groups in total. The highest BCUT2D eigenvalue weighted by molar-refractivity contribution is 5.86. The van der Waals surface area contributed by atoms with Gasteiger partial charge in [0.15, 0.2) is 17.1 Å². The summed E-state index contributed by atoms with van der Waals surface area (Å²) >= 11 is 0. The first-order valence-corrected chi connectivity index (χ1v) is 8.78. The fourth-order valence-electron chi connectivity index (χ4n) is 3.55. The summed E-state index contributed by atoms with van der Waals surface area (Å²) in [7, 11) is 0. The van der Waals surface area contributed by atoms with Gasteiger partial charge in [0.25, 0.3) is 0 Å². The van der Waals surface area contributed by atoms with E-state index >= 15 is 0 Å². The van der Waals surface area contributed by atoms with Gasteiger partial charge in [0.05, 0.1) is 5.39 Å². The minimum absolute atomic E-state index is 0.319. The molecule has 3 aromatic rings. The van der Waals surface area contributed by atoms with E-state index in [0.29, 0.717) is 6.79 Å². The molecule has 1 saturated heterocycles. The lowest BCUT2D eigenvalue weighted by molar-refractivity contribution is 0.174. The maximum absolute atomic E-state index is 5.47. The molecular weight excluding hydrogens is 330 g/mol. The summed E-state index contributed by atoms with van der Waals surface area (Å²) in [6, 6.07) is 10.2. The van der Waals surface area contributed by atoms with Crippen LogP contribution >= 0.6 is 0 Å². The van der Waals surface area contributed by atoms with Gasteiger partial charge in [-0.1, -0.05) is 6.07 Å². The predicted molar refractivity (Wildman–Crippen MR) is 97.4 cm³/mol. The maximum Gasteiger partial charge on any atom is 0.231 e. The number of benzene rings is 1. The average Bonchev–Trinajstić information content (AvgIpc) is 3.16. The van der Waals surface area contributed by atoms with Gasteiger partial charge < -0.3 is 14.4 Å². The van der Waals surface area contributed by atoms with Crippen molar-refractivity contribution in [3.05, 3.63) is 48.4 Å². The number of nitrogens with zero attached hydrogens (tertiary/aromatic N) is 5. The first-order valence-electron chi connectivity index (χ1n) is 8.78. The summed E-state index contributed by atoms with van der Waals surface area (Å²) in [4.78, 5) is 17.9. The molecule has 7 heteroatoms. The highest BCUT2D eigenvalue weighted by atomic mass is 16.7. The van der Waals surface area contributed by atoms with Crippen LogP contribution in [0.15, 0.2) is 42.9 Å². The number of piperazine rings is 1. The third kappa shape index (κ3) is 2.80. The highest BCUT2D eigenvalue weighted by Gasteiger charge is 2.21. The van der Waals surface area contributed by atoms with E-state index in [1.54, 1.807) is 12.5 Å². The Hall–Kier alpha value is -2.93. The van der Waals surface area contributed by atoms with Crippen molar-refractivity contribution >= 4 is 16.9 Å². The average molecular weight is 349 g/mol. The topological polar surface area (TPSA) is 63.6 Å². The van der Waals surface area contributed by atoms with E-state index in [1.165, 1.54) is 5.56 Å². The SMILES string of the molecule is c1cnc2ncnc(N3CCN(Cc4ccc5c(c4)OCO5)CC3)c2c1. The van der Waals surface area contributed by atoms with E-state index in [4.69, 9.17) is 9.47 Å². The number of ether oxygens (including phenoxy) is 2. The first kappa shape index (κ1) is 15.3. The quantitative estimate of drug-likeness (QED) is 0.717. The van der Waals surface area contributed by atoms with Crippen LogP contribution in [0.3, 0.4) is 0 Å². The second-order valence-corrected chi connectivity index (χ2v) is 6.52. The molecule has 7 nitrogen and oxygen atoms in total. The van der Waals surface area contributed by atoms with E-state index < -0.39 is 0 Å². The zero-order valence-electron chi connectivity index (χ0n) is 14.3. The van der Waals surface area contributed by atoms with E-state index in [1.807, 2.05) is 18.2 Å². The van der Waals surface area contributed by atoms with Gasteiger partial charge in [-0.2, -0.15) is 0 Å². The fourth-order valence-corrected chi connectivity index (χ4v) is 3.55. The van der Waals surface area contributed by atoms with Gasteiger partial charge in [-0.05, 0) is 29.8 Å². The van der Waals surface area contributed by atoms with Gasteiger partial charge in [0, 0.05) is 38.9 Å². The Morgan fingerprint density at radius 1 is 0.923 bits per heavy atom. The van der Waals surface area contributed by atoms with Gasteiger partial charge >= 0.3 is 0 Å². The van der Waals surface area contributed by atoms with E-state index in [-0.39, 0.29) is 0 Å². The molecule has 2 aromatic heterocycles. The zero-order chi connectivity index (χ0) is 17.3. The van der Waals surface area contributed by atoms with Crippen molar-refractivity contribution in [3.63, 3.8) is 0 Å². The highest BCUT2D eigenvalue weighted by Crippen LogP contribution is 2.33. The van der Waals surface area contributed by atoms with Crippen LogP contribution in [0.4, 0.5) is 5.82 Å². The third-order valence-electron chi connectivity index (χ3n) is 4.90. The van der Waals surface area contributed by atoms with Gasteiger partial charge in [0.2, 0.25) is 6.79 Å². The number of hydrogen-bond acceptors (Lipinski definition) is 7. The van der Waals surface area contributed by atoms with Crippen molar-refractivity contribution in [2.24, 2.45) is 0 Å². The lowest BCUT2D eigenvalue weighted by atomic mass is 10.1. The van der Waals surface area contributed by atoms with Gasteiger partial charge in [-0.25, -0.2) is 15.0 Å². The molecule has 26 heavy (non-hydrogen) atoms. The third-order valence-corrected chi connectivity index (χ3v) is 4.90. The van der Waals surface area contributed by atoms with Crippen molar-refractivity contribution in [1.29, 1.82) is 0 Å².